The summed E-state index contributed by atoms with van der Waals surface area (Å²) < 4.78 is 25.3. The molecule has 2 N–H and O–H groups in total. The molecule has 6 heteroatoms. The molecule has 0 aliphatic heterocycles. The summed E-state index contributed by atoms with van der Waals surface area (Å²) in [4.78, 5) is 0. The van der Waals surface area contributed by atoms with Crippen LogP contribution < -0.4 is 0 Å². The molecule has 0 amide bonds. The molecule has 0 heterocycles. The van der Waals surface area contributed by atoms with E-state index < -0.39 is 28.8 Å². The van der Waals surface area contributed by atoms with E-state index in [1.807, 2.05) is 0 Å². The molecule has 0 aromatic heterocycles. The summed E-state index contributed by atoms with van der Waals surface area (Å²) in [6.07, 6.45) is -0.610. The van der Waals surface area contributed by atoms with Crippen LogP contribution in [0.5, 0.6) is 0 Å². The first-order valence-corrected chi connectivity index (χ1v) is 4.42. The molecule has 11 heavy (non-hydrogen) atoms. The summed E-state index contributed by atoms with van der Waals surface area (Å²) in [6, 6.07) is 0. The van der Waals surface area contributed by atoms with Gasteiger partial charge in [-0.15, -0.1) is 0 Å². The fraction of sp³-hybridized carbons (Fsp3) is 0.600. The third-order valence-corrected chi connectivity index (χ3v) is 1.96. The van der Waals surface area contributed by atoms with Crippen molar-refractivity contribution < 1.29 is 22.8 Å². The Morgan fingerprint density at radius 1 is 1.64 bits per heavy atom. The van der Waals surface area contributed by atoms with Crippen LogP contribution in [-0.2, 0) is 14.3 Å². The molecule has 5 nitrogen and oxygen atoms in total. The second-order valence-corrected chi connectivity index (χ2v) is 3.42. The average molecular weight is 182 g/mol. The molecule has 0 fully saturated rings. The lowest BCUT2D eigenvalue weighted by Gasteiger charge is -2.05. The van der Waals surface area contributed by atoms with E-state index >= 15 is 0 Å². The van der Waals surface area contributed by atoms with Gasteiger partial charge in [0.25, 0.3) is 10.1 Å². The Morgan fingerprint density at radius 2 is 2.18 bits per heavy atom. The Morgan fingerprint density at radius 3 is 2.55 bits per heavy atom. The van der Waals surface area contributed by atoms with Crippen molar-refractivity contribution in [2.75, 3.05) is 12.4 Å². The van der Waals surface area contributed by atoms with Crippen LogP contribution >= 0.6 is 0 Å². The van der Waals surface area contributed by atoms with Gasteiger partial charge in [-0.2, -0.15) is 8.42 Å². The van der Waals surface area contributed by atoms with Crippen LogP contribution in [0.15, 0.2) is 12.7 Å². The fourth-order valence-corrected chi connectivity index (χ4v) is 1.05. The molecule has 66 valence electrons. The average Bonchev–Trinajstić information content (AvgIpc) is 1.86. The number of aliphatic hydroxyl groups is 2. The minimum absolute atomic E-state index is 0.530. The van der Waals surface area contributed by atoms with Crippen molar-refractivity contribution in [1.29, 1.82) is 0 Å². The van der Waals surface area contributed by atoms with Gasteiger partial charge in [-0.05, 0) is 6.08 Å². The highest BCUT2D eigenvalue weighted by molar-refractivity contribution is 7.86. The monoisotopic (exact) mass is 182 g/mol. The Kier molecular flexibility index (Phi) is 4.27. The Bertz CT molecular complexity index is 207. The molecule has 0 bridgehead atoms. The van der Waals surface area contributed by atoms with Gasteiger partial charge in [0, 0.05) is 0 Å². The molecule has 0 aliphatic rings. The standard InChI is InChI=1S/C5H10O5S/c1-2-5(7)10-11(8,9)4-3-6/h2,5-7H,1,3-4H2. The van der Waals surface area contributed by atoms with Crippen LogP contribution in [0.2, 0.25) is 0 Å². The van der Waals surface area contributed by atoms with Gasteiger partial charge in [0.05, 0.1) is 12.4 Å². The second-order valence-electron chi connectivity index (χ2n) is 1.71. The van der Waals surface area contributed by atoms with Crippen molar-refractivity contribution in [2.24, 2.45) is 0 Å². The molecule has 1 unspecified atom stereocenters. The largest absolute Gasteiger partial charge is 0.395 e. The maximum atomic E-state index is 10.6. The van der Waals surface area contributed by atoms with Crippen LogP contribution in [0.1, 0.15) is 0 Å². The minimum atomic E-state index is -3.81. The van der Waals surface area contributed by atoms with Crippen molar-refractivity contribution >= 4 is 10.1 Å². The van der Waals surface area contributed by atoms with E-state index in [0.29, 0.717) is 0 Å². The molecule has 0 rings (SSSR count). The summed E-state index contributed by atoms with van der Waals surface area (Å²) in [5.41, 5.74) is 0. The summed E-state index contributed by atoms with van der Waals surface area (Å²) in [5, 5.41) is 16.8. The molecule has 0 radical (unpaired) electrons. The summed E-state index contributed by atoms with van der Waals surface area (Å²) in [5.74, 6) is -0.530. The normalized spacial score (nSPS) is 14.4. The van der Waals surface area contributed by atoms with Crippen LogP contribution in [-0.4, -0.2) is 37.3 Å². The van der Waals surface area contributed by atoms with Crippen LogP contribution in [0, 0.1) is 0 Å². The first-order valence-electron chi connectivity index (χ1n) is 2.84. The smallest absolute Gasteiger partial charge is 0.272 e. The molecular formula is C5H10O5S. The van der Waals surface area contributed by atoms with Crippen molar-refractivity contribution in [3.63, 3.8) is 0 Å². The van der Waals surface area contributed by atoms with Crippen molar-refractivity contribution in [3.8, 4) is 0 Å². The Balaban J connectivity index is 4.02. The zero-order valence-electron chi connectivity index (χ0n) is 5.80. The van der Waals surface area contributed by atoms with Crippen molar-refractivity contribution in [3.05, 3.63) is 12.7 Å². The second kappa shape index (κ2) is 4.45. The van der Waals surface area contributed by atoms with E-state index in [1.54, 1.807) is 0 Å². The Hall–Kier alpha value is -0.430. The third kappa shape index (κ3) is 4.91. The van der Waals surface area contributed by atoms with Crippen LogP contribution in [0.25, 0.3) is 0 Å². The lowest BCUT2D eigenvalue weighted by Crippen LogP contribution is -2.19. The third-order valence-electron chi connectivity index (χ3n) is 0.788. The molecule has 0 saturated heterocycles. The van der Waals surface area contributed by atoms with Gasteiger partial charge in [0.2, 0.25) is 0 Å². The van der Waals surface area contributed by atoms with Gasteiger partial charge in [-0.1, -0.05) is 6.58 Å². The molecule has 0 aromatic rings. The zero-order valence-corrected chi connectivity index (χ0v) is 6.62. The topological polar surface area (TPSA) is 83.8 Å². The number of rotatable bonds is 5. The maximum Gasteiger partial charge on any atom is 0.272 e. The first-order chi connectivity index (χ1) is 5.02. The van der Waals surface area contributed by atoms with Crippen LogP contribution in [0.4, 0.5) is 0 Å². The van der Waals surface area contributed by atoms with E-state index in [2.05, 4.69) is 10.8 Å². The summed E-state index contributed by atoms with van der Waals surface area (Å²) in [7, 11) is -3.81. The van der Waals surface area contributed by atoms with E-state index in [0.717, 1.165) is 6.08 Å². The SMILES string of the molecule is C=CC(O)OS(=O)(=O)CCO. The highest BCUT2D eigenvalue weighted by Crippen LogP contribution is 1.97. The molecule has 0 aromatic carbocycles. The zero-order chi connectivity index (χ0) is 8.91. The maximum absolute atomic E-state index is 10.6. The predicted octanol–water partition coefficient (Wildman–Crippen LogP) is -1.17. The van der Waals surface area contributed by atoms with Gasteiger partial charge in [-0.3, -0.25) is 0 Å². The van der Waals surface area contributed by atoms with Crippen molar-refractivity contribution in [1.82, 2.24) is 0 Å². The van der Waals surface area contributed by atoms with Gasteiger partial charge < -0.3 is 10.2 Å². The quantitative estimate of drug-likeness (QED) is 0.318. The molecule has 0 spiro atoms. The number of hydrogen-bond donors (Lipinski definition) is 2. The van der Waals surface area contributed by atoms with E-state index in [-0.39, 0.29) is 0 Å². The molecule has 0 aliphatic carbocycles. The van der Waals surface area contributed by atoms with Gasteiger partial charge in [0.1, 0.15) is 0 Å². The van der Waals surface area contributed by atoms with Gasteiger partial charge in [-0.25, -0.2) is 4.18 Å². The molecule has 1 atom stereocenters. The first kappa shape index (κ1) is 10.6. The van der Waals surface area contributed by atoms with E-state index in [4.69, 9.17) is 10.2 Å². The van der Waals surface area contributed by atoms with Gasteiger partial charge >= 0.3 is 0 Å². The number of aliphatic hydroxyl groups excluding tert-OH is 2. The fourth-order valence-electron chi connectivity index (χ4n) is 0.349. The molecular weight excluding hydrogens is 172 g/mol. The number of hydrogen-bond acceptors (Lipinski definition) is 5. The summed E-state index contributed by atoms with van der Waals surface area (Å²) >= 11 is 0. The van der Waals surface area contributed by atoms with Crippen LogP contribution in [0.3, 0.4) is 0 Å². The highest BCUT2D eigenvalue weighted by Gasteiger charge is 2.13. The lowest BCUT2D eigenvalue weighted by atomic mass is 10.6. The Labute approximate surface area is 65.0 Å². The summed E-state index contributed by atoms with van der Waals surface area (Å²) in [6.45, 7) is 2.57. The predicted molar refractivity (Wildman–Crippen MR) is 38.2 cm³/mol. The highest BCUT2D eigenvalue weighted by atomic mass is 32.2. The molecule has 0 saturated carbocycles. The van der Waals surface area contributed by atoms with E-state index in [1.165, 1.54) is 0 Å². The minimum Gasteiger partial charge on any atom is -0.395 e. The lowest BCUT2D eigenvalue weighted by molar-refractivity contribution is 0.0306. The van der Waals surface area contributed by atoms with E-state index in [9.17, 15) is 8.42 Å². The van der Waals surface area contributed by atoms with Gasteiger partial charge in [0.15, 0.2) is 6.29 Å². The van der Waals surface area contributed by atoms with Crippen molar-refractivity contribution in [2.45, 2.75) is 6.29 Å².